The van der Waals surface area contributed by atoms with E-state index in [2.05, 4.69) is 22.5 Å². The van der Waals surface area contributed by atoms with Crippen molar-refractivity contribution < 1.29 is 9.90 Å². The van der Waals surface area contributed by atoms with E-state index in [0.29, 0.717) is 6.54 Å². The molecule has 0 saturated heterocycles. The minimum absolute atomic E-state index is 0.0147. The van der Waals surface area contributed by atoms with E-state index in [-0.39, 0.29) is 17.2 Å². The van der Waals surface area contributed by atoms with E-state index in [4.69, 9.17) is 0 Å². The van der Waals surface area contributed by atoms with Crippen LogP contribution in [-0.4, -0.2) is 29.5 Å². The topological polar surface area (TPSA) is 40.5 Å². The van der Waals surface area contributed by atoms with E-state index < -0.39 is 0 Å². The number of phenolic OH excluding ortho intramolecular Hbond substituents is 1. The number of nitrogens with zero attached hydrogens (tertiary/aromatic N) is 1. The molecule has 0 aliphatic carbocycles. The summed E-state index contributed by atoms with van der Waals surface area (Å²) in [5.74, 6) is -0.243. The lowest BCUT2D eigenvalue weighted by molar-refractivity contribution is 0.0807. The van der Waals surface area contributed by atoms with Crippen molar-refractivity contribution in [2.24, 2.45) is 0 Å². The molecule has 1 rings (SSSR count). The van der Waals surface area contributed by atoms with Gasteiger partial charge in [0.05, 0.1) is 5.56 Å². The maximum atomic E-state index is 11.8. The van der Waals surface area contributed by atoms with Gasteiger partial charge in [-0.05, 0) is 18.2 Å². The number of hydrogen-bond acceptors (Lipinski definition) is 2. The molecule has 0 fully saturated rings. The predicted molar refractivity (Wildman–Crippen MR) is 63.0 cm³/mol. The van der Waals surface area contributed by atoms with Crippen LogP contribution in [-0.2, 0) is 0 Å². The number of benzene rings is 1. The van der Waals surface area contributed by atoms with Gasteiger partial charge < -0.3 is 10.0 Å². The summed E-state index contributed by atoms with van der Waals surface area (Å²) in [5, 5.41) is 9.53. The number of halogens is 1. The van der Waals surface area contributed by atoms with Crippen molar-refractivity contribution in [1.29, 1.82) is 0 Å². The molecule has 0 unspecified atom stereocenters. The lowest BCUT2D eigenvalue weighted by Gasteiger charge is -2.15. The monoisotopic (exact) mass is 269 g/mol. The molecular weight excluding hydrogens is 258 g/mol. The molecule has 0 heterocycles. The third kappa shape index (κ3) is 2.83. The van der Waals surface area contributed by atoms with Crippen LogP contribution in [0.4, 0.5) is 0 Å². The molecule has 0 aliphatic heterocycles. The first-order valence-electron chi connectivity index (χ1n) is 4.41. The summed E-state index contributed by atoms with van der Waals surface area (Å²) in [6.45, 7) is 4.00. The van der Waals surface area contributed by atoms with Crippen molar-refractivity contribution in [3.05, 3.63) is 40.9 Å². The number of likely N-dealkylation sites (N-methyl/N-ethyl adjacent to an activating group) is 1. The second-order valence-corrected chi connectivity index (χ2v) is 4.05. The third-order valence-electron chi connectivity index (χ3n) is 1.94. The van der Waals surface area contributed by atoms with E-state index >= 15 is 0 Å². The number of rotatable bonds is 3. The molecule has 0 saturated carbocycles. The fourth-order valence-corrected chi connectivity index (χ4v) is 1.52. The molecule has 0 spiro atoms. The van der Waals surface area contributed by atoms with Crippen LogP contribution in [0.25, 0.3) is 0 Å². The summed E-state index contributed by atoms with van der Waals surface area (Å²) in [6, 6.07) is 4.76. The maximum absolute atomic E-state index is 11.8. The molecular formula is C11H12BrNO2. The number of phenols is 1. The summed E-state index contributed by atoms with van der Waals surface area (Å²) in [5.41, 5.74) is 0.286. The highest BCUT2D eigenvalue weighted by Crippen LogP contribution is 2.22. The highest BCUT2D eigenvalue weighted by atomic mass is 79.9. The second kappa shape index (κ2) is 4.98. The Bertz CT molecular complexity index is 390. The van der Waals surface area contributed by atoms with E-state index in [9.17, 15) is 9.90 Å². The second-order valence-electron chi connectivity index (χ2n) is 3.14. The van der Waals surface area contributed by atoms with Crippen molar-refractivity contribution in [3.63, 3.8) is 0 Å². The number of hydrogen-bond donors (Lipinski definition) is 1. The van der Waals surface area contributed by atoms with Gasteiger partial charge in [-0.15, -0.1) is 6.58 Å². The fraction of sp³-hybridized carbons (Fsp3) is 0.182. The standard InChI is InChI=1S/C11H12BrNO2/c1-3-6-13(2)11(15)9-7-8(12)4-5-10(9)14/h3-5,7,14H,1,6H2,2H3. The van der Waals surface area contributed by atoms with Crippen LogP contribution < -0.4 is 0 Å². The molecule has 0 radical (unpaired) electrons. The Morgan fingerprint density at radius 1 is 1.67 bits per heavy atom. The minimum atomic E-state index is -0.228. The van der Waals surface area contributed by atoms with Crippen molar-refractivity contribution in [2.75, 3.05) is 13.6 Å². The zero-order valence-corrected chi connectivity index (χ0v) is 9.99. The lowest BCUT2D eigenvalue weighted by atomic mass is 10.2. The number of aromatic hydroxyl groups is 1. The van der Waals surface area contributed by atoms with Crippen LogP contribution in [0.2, 0.25) is 0 Å². The van der Waals surface area contributed by atoms with E-state index in [0.717, 1.165) is 4.47 Å². The quantitative estimate of drug-likeness (QED) is 0.857. The molecule has 1 N–H and O–H groups in total. The van der Waals surface area contributed by atoms with Gasteiger partial charge in [0.2, 0.25) is 0 Å². The molecule has 80 valence electrons. The molecule has 1 aromatic rings. The Morgan fingerprint density at radius 3 is 2.93 bits per heavy atom. The van der Waals surface area contributed by atoms with Gasteiger partial charge in [0.1, 0.15) is 5.75 Å². The van der Waals surface area contributed by atoms with Crippen molar-refractivity contribution in [3.8, 4) is 5.75 Å². The van der Waals surface area contributed by atoms with Crippen LogP contribution in [0.15, 0.2) is 35.3 Å². The Labute approximate surface area is 97.1 Å². The lowest BCUT2D eigenvalue weighted by Crippen LogP contribution is -2.26. The van der Waals surface area contributed by atoms with Gasteiger partial charge >= 0.3 is 0 Å². The normalized spacial score (nSPS) is 9.73. The molecule has 0 bridgehead atoms. The molecule has 1 aromatic carbocycles. The Kier molecular flexibility index (Phi) is 3.91. The summed E-state index contributed by atoms with van der Waals surface area (Å²) < 4.78 is 0.760. The van der Waals surface area contributed by atoms with Crippen molar-refractivity contribution >= 4 is 21.8 Å². The highest BCUT2D eigenvalue weighted by molar-refractivity contribution is 9.10. The molecule has 1 amide bonds. The van der Waals surface area contributed by atoms with Crippen LogP contribution in [0.3, 0.4) is 0 Å². The van der Waals surface area contributed by atoms with Gasteiger partial charge in [-0.1, -0.05) is 22.0 Å². The molecule has 0 atom stereocenters. The molecule has 3 nitrogen and oxygen atoms in total. The largest absolute Gasteiger partial charge is 0.507 e. The van der Waals surface area contributed by atoms with Crippen LogP contribution in [0.1, 0.15) is 10.4 Å². The average Bonchev–Trinajstić information content (AvgIpc) is 2.21. The minimum Gasteiger partial charge on any atom is -0.507 e. The highest BCUT2D eigenvalue weighted by Gasteiger charge is 2.14. The van der Waals surface area contributed by atoms with Gasteiger partial charge in [-0.25, -0.2) is 0 Å². The first kappa shape index (κ1) is 11.8. The molecule has 15 heavy (non-hydrogen) atoms. The molecule has 0 aliphatic rings. The maximum Gasteiger partial charge on any atom is 0.257 e. The van der Waals surface area contributed by atoms with Crippen LogP contribution in [0, 0.1) is 0 Å². The SMILES string of the molecule is C=CCN(C)C(=O)c1cc(Br)ccc1O. The van der Waals surface area contributed by atoms with Gasteiger partial charge in [0.15, 0.2) is 0 Å². The van der Waals surface area contributed by atoms with Gasteiger partial charge in [-0.2, -0.15) is 0 Å². The summed E-state index contributed by atoms with van der Waals surface area (Å²) >= 11 is 3.25. The third-order valence-corrected chi connectivity index (χ3v) is 2.43. The average molecular weight is 270 g/mol. The Morgan fingerprint density at radius 2 is 2.33 bits per heavy atom. The first-order chi connectivity index (χ1) is 7.06. The van der Waals surface area contributed by atoms with E-state index in [1.54, 1.807) is 25.3 Å². The number of amides is 1. The zero-order chi connectivity index (χ0) is 11.4. The predicted octanol–water partition coefficient (Wildman–Crippen LogP) is 2.41. The molecule has 0 aromatic heterocycles. The molecule has 4 heteroatoms. The van der Waals surface area contributed by atoms with E-state index in [1.807, 2.05) is 0 Å². The van der Waals surface area contributed by atoms with Crippen LogP contribution in [0.5, 0.6) is 5.75 Å². The number of carbonyl (C=O) groups is 1. The summed E-state index contributed by atoms with van der Waals surface area (Å²) in [6.07, 6.45) is 1.63. The smallest absolute Gasteiger partial charge is 0.257 e. The first-order valence-corrected chi connectivity index (χ1v) is 5.20. The summed E-state index contributed by atoms with van der Waals surface area (Å²) in [4.78, 5) is 13.3. The van der Waals surface area contributed by atoms with Gasteiger partial charge in [0, 0.05) is 18.1 Å². The van der Waals surface area contributed by atoms with Crippen LogP contribution >= 0.6 is 15.9 Å². The Balaban J connectivity index is 2.99. The van der Waals surface area contributed by atoms with Gasteiger partial charge in [-0.3, -0.25) is 4.79 Å². The number of carbonyl (C=O) groups excluding carboxylic acids is 1. The Hall–Kier alpha value is -1.29. The summed E-state index contributed by atoms with van der Waals surface area (Å²) in [7, 11) is 1.66. The van der Waals surface area contributed by atoms with E-state index in [1.165, 1.54) is 11.0 Å². The van der Waals surface area contributed by atoms with Crippen molar-refractivity contribution in [1.82, 2.24) is 4.90 Å². The zero-order valence-electron chi connectivity index (χ0n) is 8.40. The van der Waals surface area contributed by atoms with Crippen molar-refractivity contribution in [2.45, 2.75) is 0 Å². The fourth-order valence-electron chi connectivity index (χ4n) is 1.16. The van der Waals surface area contributed by atoms with Gasteiger partial charge in [0.25, 0.3) is 5.91 Å².